The van der Waals surface area contributed by atoms with Gasteiger partial charge in [-0.1, -0.05) is 88.4 Å². The minimum atomic E-state index is -2.20. The van der Waals surface area contributed by atoms with Gasteiger partial charge in [0, 0.05) is 49.0 Å². The van der Waals surface area contributed by atoms with E-state index in [1.165, 1.54) is 27.7 Å². The van der Waals surface area contributed by atoms with Crippen molar-refractivity contribution >= 4 is 35.6 Å². The van der Waals surface area contributed by atoms with Crippen LogP contribution >= 0.6 is 0 Å². The number of ketones is 2. The molecule has 0 spiro atoms. The molecule has 12 atom stereocenters. The van der Waals surface area contributed by atoms with Crippen molar-refractivity contribution < 1.29 is 72.5 Å². The molecule has 4 N–H and O–H groups in total. The standard InChI is InChI=1S/C51H67NO15.C2H6/c1-27-34(63-44(59)40(64-43(58)28(2)65-46(4,5)6)38(31-21-17-14-18-22-31)52-45(60)67-47(7,8)9)25-51(61)32(23-33(54)30-19-15-13-16-20-30)41-49(12,42(57)39(56)37(27)48(51,10)11)35(55)24-36-50(41,26-62-36)66-29(3)53;1-2/h13-22,28,32,34-36,38-41,55-56,61H,23-26H2,1-12H3,(H,52,60);1-2H3/t28?,32-,34-,35?,36?,38-,39?,40+,41?,49+,50-,51+;/m0./s1. The molecule has 0 radical (unpaired) electrons. The van der Waals surface area contributed by atoms with Crippen molar-refractivity contribution in [2.24, 2.45) is 22.7 Å². The summed E-state index contributed by atoms with van der Waals surface area (Å²) in [6.45, 7) is 22.8. The first kappa shape index (κ1) is 54.9. The van der Waals surface area contributed by atoms with Gasteiger partial charge >= 0.3 is 24.0 Å². The van der Waals surface area contributed by atoms with Crippen LogP contribution in [0.5, 0.6) is 0 Å². The molecule has 2 aromatic rings. The average Bonchev–Trinajstić information content (AvgIpc) is 3.26. The predicted molar refractivity (Wildman–Crippen MR) is 252 cm³/mol. The highest BCUT2D eigenvalue weighted by Crippen LogP contribution is 2.66. The second-order valence-corrected chi connectivity index (χ2v) is 21.3. The van der Waals surface area contributed by atoms with Crippen LogP contribution in [0.4, 0.5) is 4.79 Å². The number of nitrogens with one attached hydrogen (secondary N) is 1. The van der Waals surface area contributed by atoms with Gasteiger partial charge in [-0.05, 0) is 79.0 Å². The van der Waals surface area contributed by atoms with Crippen molar-refractivity contribution in [3.8, 4) is 0 Å². The molecule has 3 fully saturated rings. The SMILES string of the molecule is CC.CC(=O)O[C@@]12COC1CC(O)[C@@]1(C)C(=O)C(O)C3=C(C)[C@@H](OC(=O)[C@H](OC(=O)C(C)OC(C)(C)C)[C@@H](NC(=O)OC(C)(C)C)c4ccccc4)C[C@@](O)([C@@H](CC(=O)c4ccccc4)C21)C3(C)C. The Hall–Kier alpha value is -5.00. The maximum absolute atomic E-state index is 15.3. The van der Waals surface area contributed by atoms with Crippen LogP contribution in [0.2, 0.25) is 0 Å². The lowest BCUT2D eigenvalue weighted by Crippen LogP contribution is -2.80. The van der Waals surface area contributed by atoms with E-state index in [9.17, 15) is 34.5 Å². The average molecular weight is 964 g/mol. The van der Waals surface area contributed by atoms with Crippen LogP contribution in [0.15, 0.2) is 71.8 Å². The molecule has 1 aliphatic heterocycles. The molecule has 1 heterocycles. The van der Waals surface area contributed by atoms with Gasteiger partial charge in [-0.15, -0.1) is 0 Å². The molecule has 2 saturated carbocycles. The summed E-state index contributed by atoms with van der Waals surface area (Å²) in [6.07, 6.45) is -11.1. The Kier molecular flexibility index (Phi) is 16.2. The Morgan fingerprint density at radius 1 is 0.884 bits per heavy atom. The number of carbonyl (C=O) groups is 6. The Bertz CT molecular complexity index is 2260. The van der Waals surface area contributed by atoms with Gasteiger partial charge in [-0.25, -0.2) is 14.4 Å². The molecule has 4 aliphatic rings. The fourth-order valence-electron chi connectivity index (χ4n) is 11.1. The molecule has 6 rings (SSSR count). The lowest BCUT2D eigenvalue weighted by molar-refractivity contribution is -0.339. The van der Waals surface area contributed by atoms with Crippen LogP contribution in [0.1, 0.15) is 138 Å². The molecule has 1 saturated heterocycles. The normalized spacial score (nSPS) is 30.7. The van der Waals surface area contributed by atoms with Crippen LogP contribution in [0, 0.1) is 22.7 Å². The number of hydrogen-bond acceptors (Lipinski definition) is 15. The molecule has 69 heavy (non-hydrogen) atoms. The molecule has 0 aromatic heterocycles. The quantitative estimate of drug-likeness (QED) is 0.0750. The maximum Gasteiger partial charge on any atom is 0.408 e. The summed E-state index contributed by atoms with van der Waals surface area (Å²) < 4.78 is 35.8. The maximum atomic E-state index is 15.3. The molecule has 16 heteroatoms. The van der Waals surface area contributed by atoms with Crippen molar-refractivity contribution in [3.63, 3.8) is 0 Å². The second kappa shape index (κ2) is 20.4. The van der Waals surface area contributed by atoms with Crippen molar-refractivity contribution in [2.45, 2.75) is 181 Å². The number of fused-ring (bicyclic) bond motifs is 5. The minimum absolute atomic E-state index is 0.0196. The fourth-order valence-corrected chi connectivity index (χ4v) is 11.1. The van der Waals surface area contributed by atoms with E-state index in [0.717, 1.165) is 0 Å². The van der Waals surface area contributed by atoms with Crippen molar-refractivity contribution in [3.05, 3.63) is 82.9 Å². The third-order valence-corrected chi connectivity index (χ3v) is 14.2. The molecular weight excluding hydrogens is 891 g/mol. The molecule has 5 unspecified atom stereocenters. The van der Waals surface area contributed by atoms with Gasteiger partial charge in [0.2, 0.25) is 6.10 Å². The third-order valence-electron chi connectivity index (χ3n) is 14.2. The van der Waals surface area contributed by atoms with Crippen molar-refractivity contribution in [1.29, 1.82) is 0 Å². The van der Waals surface area contributed by atoms with Crippen LogP contribution < -0.4 is 5.32 Å². The number of hydrogen-bond donors (Lipinski definition) is 4. The number of aliphatic hydroxyl groups is 3. The van der Waals surface area contributed by atoms with E-state index < -0.39 is 136 Å². The van der Waals surface area contributed by atoms with Gasteiger partial charge in [-0.3, -0.25) is 14.4 Å². The van der Waals surface area contributed by atoms with E-state index in [-0.39, 0.29) is 29.7 Å². The highest BCUT2D eigenvalue weighted by Gasteiger charge is 2.76. The molecule has 2 aromatic carbocycles. The summed E-state index contributed by atoms with van der Waals surface area (Å²) in [7, 11) is 0. The van der Waals surface area contributed by atoms with E-state index in [4.69, 9.17) is 28.4 Å². The highest BCUT2D eigenvalue weighted by atomic mass is 16.6. The Labute approximate surface area is 405 Å². The minimum Gasteiger partial charge on any atom is -0.455 e. The van der Waals surface area contributed by atoms with E-state index in [1.807, 2.05) is 13.8 Å². The first-order chi connectivity index (χ1) is 32.0. The summed E-state index contributed by atoms with van der Waals surface area (Å²) in [6, 6.07) is 15.1. The molecule has 2 bridgehead atoms. The van der Waals surface area contributed by atoms with E-state index in [2.05, 4.69) is 5.32 Å². The molecule has 1 amide bonds. The summed E-state index contributed by atoms with van der Waals surface area (Å²) in [5.41, 5.74) is -8.39. The zero-order valence-electron chi connectivity index (χ0n) is 42.5. The lowest BCUT2D eigenvalue weighted by Gasteiger charge is -2.68. The third kappa shape index (κ3) is 10.7. The monoisotopic (exact) mass is 963 g/mol. The number of carbonyl (C=O) groups excluding carboxylic acids is 6. The van der Waals surface area contributed by atoms with E-state index >= 15 is 9.59 Å². The van der Waals surface area contributed by atoms with Gasteiger partial charge in [0.1, 0.15) is 30.0 Å². The second-order valence-electron chi connectivity index (χ2n) is 21.3. The Balaban J connectivity index is 0.00000438. The van der Waals surface area contributed by atoms with Crippen LogP contribution in [-0.4, -0.2) is 117 Å². The number of esters is 3. The largest absolute Gasteiger partial charge is 0.455 e. The molecule has 380 valence electrons. The van der Waals surface area contributed by atoms with Crippen LogP contribution in [-0.2, 0) is 47.6 Å². The van der Waals surface area contributed by atoms with Gasteiger partial charge in [0.25, 0.3) is 0 Å². The summed E-state index contributed by atoms with van der Waals surface area (Å²) in [5, 5.41) is 41.0. The summed E-state index contributed by atoms with van der Waals surface area (Å²) in [4.78, 5) is 85.3. The van der Waals surface area contributed by atoms with Crippen molar-refractivity contribution in [2.75, 3.05) is 6.61 Å². The predicted octanol–water partition coefficient (Wildman–Crippen LogP) is 6.70. The number of Topliss-reactive ketones (excluding diaryl/α,β-unsaturated/α-hetero) is 2. The first-order valence-corrected chi connectivity index (χ1v) is 23.8. The molecule has 3 aliphatic carbocycles. The molecular formula is C53H73NO15. The van der Waals surface area contributed by atoms with Gasteiger partial charge in [0.05, 0.1) is 29.3 Å². The lowest BCUT2D eigenvalue weighted by atomic mass is 9.42. The van der Waals surface area contributed by atoms with Gasteiger partial charge in [0.15, 0.2) is 23.3 Å². The van der Waals surface area contributed by atoms with E-state index in [0.29, 0.717) is 5.56 Å². The highest BCUT2D eigenvalue weighted by molar-refractivity contribution is 5.97. The van der Waals surface area contributed by atoms with Crippen molar-refractivity contribution in [1.82, 2.24) is 5.32 Å². The number of rotatable bonds is 12. The number of ether oxygens (including phenoxy) is 6. The Morgan fingerprint density at radius 3 is 1.99 bits per heavy atom. The number of aliphatic hydroxyl groups excluding tert-OH is 2. The fraction of sp³-hybridized carbons (Fsp3) is 0.623. The number of amides is 1. The summed E-state index contributed by atoms with van der Waals surface area (Å²) >= 11 is 0. The smallest absolute Gasteiger partial charge is 0.408 e. The van der Waals surface area contributed by atoms with Gasteiger partial charge in [-0.2, -0.15) is 0 Å². The van der Waals surface area contributed by atoms with E-state index in [1.54, 1.807) is 116 Å². The number of alkyl carbamates (subject to hydrolysis) is 1. The zero-order chi connectivity index (χ0) is 51.8. The molecule has 16 nitrogen and oxygen atoms in total. The van der Waals surface area contributed by atoms with Crippen LogP contribution in [0.3, 0.4) is 0 Å². The first-order valence-electron chi connectivity index (χ1n) is 23.8. The Morgan fingerprint density at radius 2 is 1.46 bits per heavy atom. The summed E-state index contributed by atoms with van der Waals surface area (Å²) in [5.74, 6) is -6.90. The zero-order valence-corrected chi connectivity index (χ0v) is 42.5. The van der Waals surface area contributed by atoms with Gasteiger partial charge < -0.3 is 49.1 Å². The van der Waals surface area contributed by atoms with Crippen LogP contribution in [0.25, 0.3) is 0 Å². The number of benzene rings is 2. The topological polar surface area (TPSA) is 231 Å².